The van der Waals surface area contributed by atoms with E-state index in [0.29, 0.717) is 6.54 Å². The Balaban J connectivity index is 2.13. The Labute approximate surface area is 115 Å². The molecule has 0 N–H and O–H groups in total. The Morgan fingerprint density at radius 3 is 2.47 bits per heavy atom. The van der Waals surface area contributed by atoms with Gasteiger partial charge in [-0.25, -0.2) is 4.39 Å². The van der Waals surface area contributed by atoms with Crippen molar-refractivity contribution in [1.29, 1.82) is 0 Å². The lowest BCUT2D eigenvalue weighted by molar-refractivity contribution is -0.0707. The number of benzene rings is 1. The van der Waals surface area contributed by atoms with Crippen LogP contribution in [0.25, 0.3) is 0 Å². The first-order valence-electron chi connectivity index (χ1n) is 7.12. The van der Waals surface area contributed by atoms with E-state index in [1.165, 1.54) is 0 Å². The van der Waals surface area contributed by atoms with Crippen molar-refractivity contribution in [2.45, 2.75) is 52.4 Å². The summed E-state index contributed by atoms with van der Waals surface area (Å²) in [5.74, 6) is 0.187. The van der Waals surface area contributed by atoms with E-state index < -0.39 is 0 Å². The zero-order valence-corrected chi connectivity index (χ0v) is 12.3. The number of ether oxygens (including phenoxy) is 1. The van der Waals surface area contributed by atoms with Gasteiger partial charge >= 0.3 is 0 Å². The highest BCUT2D eigenvalue weighted by Crippen LogP contribution is 2.23. The molecule has 19 heavy (non-hydrogen) atoms. The number of hydrogen-bond donors (Lipinski definition) is 0. The zero-order valence-electron chi connectivity index (χ0n) is 12.3. The third kappa shape index (κ3) is 3.54. The van der Waals surface area contributed by atoms with Gasteiger partial charge in [-0.15, -0.1) is 0 Å². The van der Waals surface area contributed by atoms with Crippen LogP contribution in [-0.2, 0) is 11.3 Å². The van der Waals surface area contributed by atoms with Crippen molar-refractivity contribution in [3.05, 3.63) is 35.1 Å². The summed E-state index contributed by atoms with van der Waals surface area (Å²) in [6, 6.07) is 5.74. The fourth-order valence-electron chi connectivity index (χ4n) is 2.82. The lowest BCUT2D eigenvalue weighted by atomic mass is 9.99. The molecule has 1 aromatic rings. The van der Waals surface area contributed by atoms with Crippen molar-refractivity contribution in [3.63, 3.8) is 0 Å². The summed E-state index contributed by atoms with van der Waals surface area (Å²) in [4.78, 5) is 2.28. The molecule has 0 aliphatic carbocycles. The molecule has 0 spiro atoms. The van der Waals surface area contributed by atoms with Gasteiger partial charge in [0.2, 0.25) is 0 Å². The predicted octanol–water partition coefficient (Wildman–Crippen LogP) is 3.56. The molecule has 2 unspecified atom stereocenters. The van der Waals surface area contributed by atoms with Crippen LogP contribution in [0.1, 0.15) is 44.7 Å². The van der Waals surface area contributed by atoms with Gasteiger partial charge in [0.25, 0.3) is 0 Å². The van der Waals surface area contributed by atoms with Crippen LogP contribution < -0.4 is 0 Å². The van der Waals surface area contributed by atoms with Gasteiger partial charge in [0, 0.05) is 25.2 Å². The molecule has 0 bridgehead atoms. The number of nitrogens with zero attached hydrogens (tertiary/aromatic N) is 1. The molecule has 106 valence electrons. The normalized spacial score (nSPS) is 24.9. The maximum Gasteiger partial charge on any atom is 0.131 e. The lowest BCUT2D eigenvalue weighted by Crippen LogP contribution is -2.44. The minimum atomic E-state index is -0.0377. The maximum atomic E-state index is 14.4. The first-order valence-corrected chi connectivity index (χ1v) is 7.12. The van der Waals surface area contributed by atoms with Crippen LogP contribution in [0.2, 0.25) is 0 Å². The second-order valence-corrected chi connectivity index (χ2v) is 5.93. The minimum Gasteiger partial charge on any atom is -0.373 e. The maximum absolute atomic E-state index is 14.4. The molecule has 0 radical (unpaired) electrons. The van der Waals surface area contributed by atoms with E-state index in [1.807, 2.05) is 32.0 Å². The number of morpholine rings is 1. The summed E-state index contributed by atoms with van der Waals surface area (Å²) in [5.41, 5.74) is 1.61. The predicted molar refractivity (Wildman–Crippen MR) is 75.8 cm³/mol. The smallest absolute Gasteiger partial charge is 0.131 e. The standard InChI is InChI=1S/C16H24FNO/c1-11(2)15-7-5-6-14(16(15)17)10-18-8-12(3)19-13(4)9-18/h5-7,11-13H,8-10H2,1-4H3. The average molecular weight is 265 g/mol. The number of hydrogen-bond acceptors (Lipinski definition) is 2. The topological polar surface area (TPSA) is 12.5 Å². The first-order chi connectivity index (χ1) is 8.97. The molecule has 1 fully saturated rings. The Kier molecular flexibility index (Phi) is 4.58. The first kappa shape index (κ1) is 14.5. The third-order valence-corrected chi connectivity index (χ3v) is 3.62. The lowest BCUT2D eigenvalue weighted by Gasteiger charge is -2.35. The van der Waals surface area contributed by atoms with Gasteiger partial charge in [0.1, 0.15) is 5.82 Å². The SMILES string of the molecule is CC1CN(Cc2cccc(C(C)C)c2F)CC(C)O1. The summed E-state index contributed by atoms with van der Waals surface area (Å²) >= 11 is 0. The van der Waals surface area contributed by atoms with E-state index >= 15 is 0 Å². The second-order valence-electron chi connectivity index (χ2n) is 5.93. The van der Waals surface area contributed by atoms with E-state index in [9.17, 15) is 4.39 Å². The summed E-state index contributed by atoms with van der Waals surface area (Å²) in [7, 11) is 0. The molecule has 3 heteroatoms. The molecule has 0 amide bonds. The zero-order chi connectivity index (χ0) is 14.0. The molecule has 1 saturated heterocycles. The van der Waals surface area contributed by atoms with Gasteiger partial charge in [-0.2, -0.15) is 0 Å². The van der Waals surface area contributed by atoms with Gasteiger partial charge in [-0.05, 0) is 25.3 Å². The number of halogens is 1. The van der Waals surface area contributed by atoms with Crippen LogP contribution in [0.5, 0.6) is 0 Å². The van der Waals surface area contributed by atoms with Gasteiger partial charge in [-0.3, -0.25) is 4.90 Å². The fourth-order valence-corrected chi connectivity index (χ4v) is 2.82. The molecule has 1 heterocycles. The fraction of sp³-hybridized carbons (Fsp3) is 0.625. The Morgan fingerprint density at radius 2 is 1.89 bits per heavy atom. The molecule has 1 aromatic carbocycles. The van der Waals surface area contributed by atoms with E-state index in [4.69, 9.17) is 4.74 Å². The summed E-state index contributed by atoms with van der Waals surface area (Å²) < 4.78 is 20.1. The van der Waals surface area contributed by atoms with Crippen molar-refractivity contribution < 1.29 is 9.13 Å². The van der Waals surface area contributed by atoms with Crippen molar-refractivity contribution in [2.24, 2.45) is 0 Å². The average Bonchev–Trinajstić information content (AvgIpc) is 2.30. The monoisotopic (exact) mass is 265 g/mol. The third-order valence-electron chi connectivity index (χ3n) is 3.62. The summed E-state index contributed by atoms with van der Waals surface area (Å²) in [6.07, 6.45) is 0.445. The molecule has 1 aliphatic rings. The molecular weight excluding hydrogens is 241 g/mol. The molecule has 2 nitrogen and oxygen atoms in total. The number of rotatable bonds is 3. The second kappa shape index (κ2) is 6.02. The van der Waals surface area contributed by atoms with Crippen LogP contribution in [0.4, 0.5) is 4.39 Å². The van der Waals surface area contributed by atoms with Crippen LogP contribution in [0, 0.1) is 5.82 Å². The van der Waals surface area contributed by atoms with E-state index in [1.54, 1.807) is 0 Å². The summed E-state index contributed by atoms with van der Waals surface area (Å²) in [6.45, 7) is 10.6. The molecule has 2 atom stereocenters. The molecular formula is C16H24FNO. The van der Waals surface area contributed by atoms with Gasteiger partial charge in [-0.1, -0.05) is 32.0 Å². The quantitative estimate of drug-likeness (QED) is 0.828. The van der Waals surface area contributed by atoms with Crippen molar-refractivity contribution in [1.82, 2.24) is 4.90 Å². The largest absolute Gasteiger partial charge is 0.373 e. The van der Waals surface area contributed by atoms with E-state index in [-0.39, 0.29) is 23.9 Å². The Bertz CT molecular complexity index is 423. The van der Waals surface area contributed by atoms with Crippen LogP contribution in [0.3, 0.4) is 0 Å². The van der Waals surface area contributed by atoms with E-state index in [0.717, 1.165) is 24.2 Å². The van der Waals surface area contributed by atoms with Crippen LogP contribution in [-0.4, -0.2) is 30.2 Å². The Morgan fingerprint density at radius 1 is 1.26 bits per heavy atom. The molecule has 0 saturated carbocycles. The highest BCUT2D eigenvalue weighted by atomic mass is 19.1. The van der Waals surface area contributed by atoms with E-state index in [2.05, 4.69) is 18.7 Å². The highest BCUT2D eigenvalue weighted by molar-refractivity contribution is 5.28. The molecule has 1 aliphatic heterocycles. The van der Waals surface area contributed by atoms with Crippen LogP contribution in [0.15, 0.2) is 18.2 Å². The summed E-state index contributed by atoms with van der Waals surface area (Å²) in [5, 5.41) is 0. The van der Waals surface area contributed by atoms with Gasteiger partial charge < -0.3 is 4.74 Å². The van der Waals surface area contributed by atoms with Crippen molar-refractivity contribution in [2.75, 3.05) is 13.1 Å². The molecule has 0 aromatic heterocycles. The minimum absolute atomic E-state index is 0.0377. The van der Waals surface area contributed by atoms with Gasteiger partial charge in [0.15, 0.2) is 0 Å². The van der Waals surface area contributed by atoms with Crippen molar-refractivity contribution >= 4 is 0 Å². The highest BCUT2D eigenvalue weighted by Gasteiger charge is 2.23. The van der Waals surface area contributed by atoms with Crippen LogP contribution >= 0.6 is 0 Å². The molecule has 2 rings (SSSR count). The van der Waals surface area contributed by atoms with Gasteiger partial charge in [0.05, 0.1) is 12.2 Å². The van der Waals surface area contributed by atoms with Crippen molar-refractivity contribution in [3.8, 4) is 0 Å². The Hall–Kier alpha value is -0.930.